The van der Waals surface area contributed by atoms with Crippen LogP contribution in [0.4, 0.5) is 0 Å². The molecule has 0 spiro atoms. The van der Waals surface area contributed by atoms with Crippen molar-refractivity contribution in [3.05, 3.63) is 35.7 Å². The fraction of sp³-hybridized carbons (Fsp3) is 0.450. The Balaban J connectivity index is 1.84. The monoisotopic (exact) mass is 352 g/mol. The molecule has 0 N–H and O–H groups in total. The van der Waals surface area contributed by atoms with Crippen molar-refractivity contribution in [1.82, 2.24) is 19.7 Å². The highest BCUT2D eigenvalue weighted by Crippen LogP contribution is 2.32. The summed E-state index contributed by atoms with van der Waals surface area (Å²) in [6, 6.07) is 5.54. The molecule has 3 aromatic rings. The van der Waals surface area contributed by atoms with Crippen molar-refractivity contribution >= 4 is 16.9 Å². The molecule has 1 fully saturated rings. The third kappa shape index (κ3) is 3.00. The molecule has 6 heteroatoms. The Morgan fingerprint density at radius 3 is 2.88 bits per heavy atom. The number of pyridine rings is 1. The minimum atomic E-state index is 0.0649. The smallest absolute Gasteiger partial charge is 0.254 e. The number of rotatable bonds is 6. The lowest BCUT2D eigenvalue weighted by atomic mass is 10.1. The molecule has 3 aromatic heterocycles. The van der Waals surface area contributed by atoms with Crippen LogP contribution in [0.3, 0.4) is 0 Å². The lowest BCUT2D eigenvalue weighted by Gasteiger charge is -2.22. The summed E-state index contributed by atoms with van der Waals surface area (Å²) in [5.41, 5.74) is 2.87. The Kier molecular flexibility index (Phi) is 4.26. The second-order valence-electron chi connectivity index (χ2n) is 7.13. The van der Waals surface area contributed by atoms with Crippen LogP contribution in [0, 0.1) is 12.8 Å². The summed E-state index contributed by atoms with van der Waals surface area (Å²) in [6.45, 7) is 5.65. The highest BCUT2D eigenvalue weighted by molar-refractivity contribution is 6.07. The second kappa shape index (κ2) is 6.59. The average molecular weight is 352 g/mol. The van der Waals surface area contributed by atoms with E-state index in [1.54, 1.807) is 10.9 Å². The first-order valence-corrected chi connectivity index (χ1v) is 9.26. The van der Waals surface area contributed by atoms with Crippen molar-refractivity contribution in [2.24, 2.45) is 13.0 Å². The Morgan fingerprint density at radius 2 is 2.23 bits per heavy atom. The number of carbonyl (C=O) groups excluding carboxylic acids is 1. The molecular formula is C20H24N4O2. The summed E-state index contributed by atoms with van der Waals surface area (Å²) >= 11 is 0. The maximum atomic E-state index is 13.4. The molecule has 1 aliphatic rings. The second-order valence-corrected chi connectivity index (χ2v) is 7.13. The number of hydrogen-bond donors (Lipinski definition) is 0. The lowest BCUT2D eigenvalue weighted by Crippen LogP contribution is -2.33. The summed E-state index contributed by atoms with van der Waals surface area (Å²) in [4.78, 5) is 20.1. The summed E-state index contributed by atoms with van der Waals surface area (Å²) in [7, 11) is 1.86. The number of aryl methyl sites for hydroxylation is 2. The van der Waals surface area contributed by atoms with Gasteiger partial charge in [0.25, 0.3) is 5.91 Å². The maximum absolute atomic E-state index is 13.4. The van der Waals surface area contributed by atoms with E-state index in [2.05, 4.69) is 12.0 Å². The van der Waals surface area contributed by atoms with Gasteiger partial charge in [-0.15, -0.1) is 0 Å². The van der Waals surface area contributed by atoms with Crippen LogP contribution in [0.25, 0.3) is 22.5 Å². The molecular weight excluding hydrogens is 328 g/mol. The minimum absolute atomic E-state index is 0.0649. The largest absolute Gasteiger partial charge is 0.463 e. The van der Waals surface area contributed by atoms with Gasteiger partial charge in [0, 0.05) is 20.1 Å². The molecule has 6 nitrogen and oxygen atoms in total. The van der Waals surface area contributed by atoms with Crippen LogP contribution in [-0.4, -0.2) is 38.7 Å². The van der Waals surface area contributed by atoms with E-state index in [1.807, 2.05) is 37.1 Å². The van der Waals surface area contributed by atoms with Gasteiger partial charge in [0.2, 0.25) is 0 Å². The van der Waals surface area contributed by atoms with Gasteiger partial charge in [-0.3, -0.25) is 9.48 Å². The van der Waals surface area contributed by atoms with E-state index in [-0.39, 0.29) is 5.91 Å². The van der Waals surface area contributed by atoms with Gasteiger partial charge >= 0.3 is 0 Å². The topological polar surface area (TPSA) is 64.2 Å². The molecule has 4 rings (SSSR count). The zero-order valence-electron chi connectivity index (χ0n) is 15.5. The highest BCUT2D eigenvalue weighted by Gasteiger charge is 2.29. The number of amides is 1. The van der Waals surface area contributed by atoms with Crippen LogP contribution in [-0.2, 0) is 7.05 Å². The van der Waals surface area contributed by atoms with Crippen molar-refractivity contribution in [2.75, 3.05) is 13.1 Å². The van der Waals surface area contributed by atoms with Gasteiger partial charge in [0.1, 0.15) is 5.69 Å². The summed E-state index contributed by atoms with van der Waals surface area (Å²) in [5, 5.41) is 5.32. The van der Waals surface area contributed by atoms with E-state index in [1.165, 1.54) is 12.8 Å². The number of hydrogen-bond acceptors (Lipinski definition) is 4. The quantitative estimate of drug-likeness (QED) is 0.677. The fourth-order valence-electron chi connectivity index (χ4n) is 3.49. The molecule has 0 aliphatic heterocycles. The lowest BCUT2D eigenvalue weighted by molar-refractivity contribution is 0.0749. The van der Waals surface area contributed by atoms with E-state index >= 15 is 0 Å². The first-order chi connectivity index (χ1) is 12.6. The Bertz CT molecular complexity index is 939. The van der Waals surface area contributed by atoms with Crippen molar-refractivity contribution in [1.29, 1.82) is 0 Å². The molecule has 26 heavy (non-hydrogen) atoms. The molecule has 3 heterocycles. The summed E-state index contributed by atoms with van der Waals surface area (Å²) in [5.74, 6) is 1.38. The van der Waals surface area contributed by atoms with Crippen LogP contribution in [0.5, 0.6) is 0 Å². The molecule has 0 radical (unpaired) electrons. The third-order valence-corrected chi connectivity index (χ3v) is 4.93. The van der Waals surface area contributed by atoms with Crippen molar-refractivity contribution in [3.8, 4) is 11.5 Å². The number of fused-ring (bicyclic) bond motifs is 1. The van der Waals surface area contributed by atoms with Crippen LogP contribution >= 0.6 is 0 Å². The van der Waals surface area contributed by atoms with Gasteiger partial charge < -0.3 is 9.32 Å². The zero-order valence-corrected chi connectivity index (χ0v) is 15.5. The number of nitrogens with zero attached hydrogens (tertiary/aromatic N) is 4. The SMILES string of the molecule is CCCN(CC1CC1)C(=O)c1cc(-c2ccco2)nc2c1c(C)nn2C. The van der Waals surface area contributed by atoms with E-state index in [4.69, 9.17) is 9.40 Å². The molecule has 0 atom stereocenters. The van der Waals surface area contributed by atoms with E-state index < -0.39 is 0 Å². The van der Waals surface area contributed by atoms with E-state index in [0.717, 1.165) is 30.6 Å². The van der Waals surface area contributed by atoms with Gasteiger partial charge in [-0.2, -0.15) is 5.10 Å². The van der Waals surface area contributed by atoms with Crippen molar-refractivity contribution in [3.63, 3.8) is 0 Å². The van der Waals surface area contributed by atoms with Crippen molar-refractivity contribution < 1.29 is 9.21 Å². The van der Waals surface area contributed by atoms with Gasteiger partial charge in [-0.1, -0.05) is 6.92 Å². The molecule has 0 saturated heterocycles. The fourth-order valence-corrected chi connectivity index (χ4v) is 3.49. The van der Waals surface area contributed by atoms with Gasteiger partial charge in [0.15, 0.2) is 11.4 Å². The molecule has 0 unspecified atom stereocenters. The molecule has 1 amide bonds. The number of carbonyl (C=O) groups is 1. The standard InChI is InChI=1S/C20H24N4O2/c1-4-9-24(12-14-7-8-14)20(25)15-11-16(17-6-5-10-26-17)21-19-18(15)13(2)22-23(19)3/h5-6,10-11,14H,4,7-9,12H2,1-3H3. The summed E-state index contributed by atoms with van der Waals surface area (Å²) < 4.78 is 7.25. The molecule has 0 bridgehead atoms. The minimum Gasteiger partial charge on any atom is -0.463 e. The van der Waals surface area contributed by atoms with Gasteiger partial charge in [0.05, 0.1) is 22.9 Å². The number of furan rings is 1. The van der Waals surface area contributed by atoms with Gasteiger partial charge in [-0.05, 0) is 50.3 Å². The highest BCUT2D eigenvalue weighted by atomic mass is 16.3. The normalized spacial score (nSPS) is 14.1. The van der Waals surface area contributed by atoms with Crippen LogP contribution in [0.1, 0.15) is 42.2 Å². The maximum Gasteiger partial charge on any atom is 0.254 e. The van der Waals surface area contributed by atoms with E-state index in [0.29, 0.717) is 28.6 Å². The Hall–Kier alpha value is -2.63. The molecule has 1 aliphatic carbocycles. The van der Waals surface area contributed by atoms with Crippen LogP contribution < -0.4 is 0 Å². The molecule has 1 saturated carbocycles. The predicted molar refractivity (Wildman–Crippen MR) is 99.9 cm³/mol. The Morgan fingerprint density at radius 1 is 1.42 bits per heavy atom. The Labute approximate surface area is 152 Å². The van der Waals surface area contributed by atoms with Crippen LogP contribution in [0.2, 0.25) is 0 Å². The zero-order chi connectivity index (χ0) is 18.3. The number of aromatic nitrogens is 3. The first kappa shape index (κ1) is 16.8. The van der Waals surface area contributed by atoms with Gasteiger partial charge in [-0.25, -0.2) is 4.98 Å². The van der Waals surface area contributed by atoms with E-state index in [9.17, 15) is 4.79 Å². The van der Waals surface area contributed by atoms with Crippen molar-refractivity contribution in [2.45, 2.75) is 33.1 Å². The molecule has 0 aromatic carbocycles. The first-order valence-electron chi connectivity index (χ1n) is 9.26. The predicted octanol–water partition coefficient (Wildman–Crippen LogP) is 3.80. The summed E-state index contributed by atoms with van der Waals surface area (Å²) in [6.07, 6.45) is 5.02. The average Bonchev–Trinajstić information content (AvgIpc) is 3.17. The third-order valence-electron chi connectivity index (χ3n) is 4.93. The molecule has 136 valence electrons. The van der Waals surface area contributed by atoms with Crippen LogP contribution in [0.15, 0.2) is 28.9 Å².